The Kier molecular flexibility index (Phi) is 7.04. The van der Waals surface area contributed by atoms with E-state index in [9.17, 15) is 9.59 Å². The Hall–Kier alpha value is -5.98. The van der Waals surface area contributed by atoms with Crippen LogP contribution in [0.4, 0.5) is 21.5 Å². The van der Waals surface area contributed by atoms with Crippen LogP contribution >= 0.6 is 0 Å². The zero-order valence-electron chi connectivity index (χ0n) is 21.5. The lowest BCUT2D eigenvalue weighted by atomic mass is 10.3. The van der Waals surface area contributed by atoms with Gasteiger partial charge in [0.1, 0.15) is 11.5 Å². The molecule has 4 heterocycles. The van der Waals surface area contributed by atoms with E-state index in [1.165, 1.54) is 0 Å². The van der Waals surface area contributed by atoms with Crippen molar-refractivity contribution in [2.75, 3.05) is 10.6 Å². The van der Waals surface area contributed by atoms with E-state index in [1.54, 1.807) is 61.2 Å². The number of anilines is 2. The fraction of sp³-hybridized carbons (Fsp3) is 0.0714. The highest BCUT2D eigenvalue weighted by molar-refractivity contribution is 5.91. The molecule has 0 aliphatic carbocycles. The quantitative estimate of drug-likeness (QED) is 0.160. The lowest BCUT2D eigenvalue weighted by Crippen LogP contribution is -2.28. The number of benzene rings is 2. The van der Waals surface area contributed by atoms with Crippen LogP contribution in [0.3, 0.4) is 0 Å². The predicted octanol–water partition coefficient (Wildman–Crippen LogP) is 4.66. The molecule has 0 aliphatic heterocycles. The number of carbonyl (C=O) groups excluding carboxylic acids is 2. The van der Waals surface area contributed by atoms with Gasteiger partial charge in [-0.15, -0.1) is 0 Å². The van der Waals surface area contributed by atoms with Gasteiger partial charge in [0.15, 0.2) is 0 Å². The summed E-state index contributed by atoms with van der Waals surface area (Å²) in [6, 6.07) is 17.3. The average Bonchev–Trinajstić information content (AvgIpc) is 3.58. The Bertz CT molecular complexity index is 1690. The number of aromatic amines is 2. The maximum absolute atomic E-state index is 12.3. The van der Waals surface area contributed by atoms with E-state index in [4.69, 9.17) is 4.74 Å². The van der Waals surface area contributed by atoms with Crippen molar-refractivity contribution in [3.63, 3.8) is 0 Å². The largest absolute Gasteiger partial charge is 0.457 e. The van der Waals surface area contributed by atoms with Crippen LogP contribution in [0.25, 0.3) is 22.1 Å². The third kappa shape index (κ3) is 6.37. The molecule has 0 unspecified atom stereocenters. The third-order valence-corrected chi connectivity index (χ3v) is 6.01. The molecule has 4 aromatic heterocycles. The van der Waals surface area contributed by atoms with Gasteiger partial charge in [0, 0.05) is 50.0 Å². The molecule has 6 N–H and O–H groups in total. The zero-order chi connectivity index (χ0) is 28.0. The van der Waals surface area contributed by atoms with Gasteiger partial charge >= 0.3 is 12.1 Å². The molecule has 0 bridgehead atoms. The van der Waals surface area contributed by atoms with Gasteiger partial charge in [0.05, 0.1) is 22.1 Å². The molecule has 4 amide bonds. The minimum absolute atomic E-state index is 0.313. The Labute approximate surface area is 232 Å². The van der Waals surface area contributed by atoms with Gasteiger partial charge in [-0.3, -0.25) is 20.6 Å². The molecule has 13 heteroatoms. The maximum Gasteiger partial charge on any atom is 0.321 e. The van der Waals surface area contributed by atoms with Crippen molar-refractivity contribution in [1.29, 1.82) is 0 Å². The number of H-pyrrole nitrogens is 2. The highest BCUT2D eigenvalue weighted by atomic mass is 16.5. The van der Waals surface area contributed by atoms with E-state index in [-0.39, 0.29) is 12.1 Å². The van der Waals surface area contributed by atoms with Gasteiger partial charge in [-0.1, -0.05) is 0 Å². The van der Waals surface area contributed by atoms with Crippen LogP contribution in [0.1, 0.15) is 11.1 Å². The van der Waals surface area contributed by atoms with Gasteiger partial charge in [-0.05, 0) is 59.7 Å². The number of carbonyl (C=O) groups is 2. The molecule has 0 fully saturated rings. The first-order valence-electron chi connectivity index (χ1n) is 12.6. The topological polar surface area (TPSA) is 175 Å². The van der Waals surface area contributed by atoms with Crippen molar-refractivity contribution in [2.45, 2.75) is 13.1 Å². The van der Waals surface area contributed by atoms with E-state index in [1.807, 2.05) is 24.3 Å². The number of pyridine rings is 2. The van der Waals surface area contributed by atoms with E-state index in [0.29, 0.717) is 58.6 Å². The predicted molar refractivity (Wildman–Crippen MR) is 152 cm³/mol. The summed E-state index contributed by atoms with van der Waals surface area (Å²) in [7, 11) is 0. The summed E-state index contributed by atoms with van der Waals surface area (Å²) in [5, 5.41) is 11.0. The fourth-order valence-electron chi connectivity index (χ4n) is 4.03. The number of imidazole rings is 2. The second-order valence-corrected chi connectivity index (χ2v) is 8.96. The second-order valence-electron chi connectivity index (χ2n) is 8.96. The molecule has 0 saturated carbocycles. The molecule has 6 rings (SSSR count). The molecule has 204 valence electrons. The summed E-state index contributed by atoms with van der Waals surface area (Å²) in [5.74, 6) is 1.77. The summed E-state index contributed by atoms with van der Waals surface area (Å²) in [5.41, 5.74) is 4.60. The Morgan fingerprint density at radius 3 is 1.51 bits per heavy atom. The van der Waals surface area contributed by atoms with E-state index in [2.05, 4.69) is 51.2 Å². The summed E-state index contributed by atoms with van der Waals surface area (Å²) in [6.45, 7) is 0.731. The molecule has 0 atom stereocenters. The van der Waals surface area contributed by atoms with E-state index in [0.717, 1.165) is 11.1 Å². The van der Waals surface area contributed by atoms with Crippen molar-refractivity contribution in [1.82, 2.24) is 40.5 Å². The molecule has 0 radical (unpaired) electrons. The minimum Gasteiger partial charge on any atom is -0.457 e. The molecule has 0 aliphatic rings. The molecule has 41 heavy (non-hydrogen) atoms. The van der Waals surface area contributed by atoms with Gasteiger partial charge in [0.25, 0.3) is 0 Å². The number of ether oxygens (including phenoxy) is 1. The third-order valence-electron chi connectivity index (χ3n) is 6.01. The van der Waals surface area contributed by atoms with Crippen LogP contribution in [-0.4, -0.2) is 42.0 Å². The van der Waals surface area contributed by atoms with Gasteiger partial charge < -0.3 is 25.3 Å². The van der Waals surface area contributed by atoms with E-state index >= 15 is 0 Å². The lowest BCUT2D eigenvalue weighted by molar-refractivity contribution is 0.250. The van der Waals surface area contributed by atoms with Crippen LogP contribution in [0, 0.1) is 0 Å². The lowest BCUT2D eigenvalue weighted by Gasteiger charge is -2.05. The molecular formula is C28H24N10O3. The van der Waals surface area contributed by atoms with Crippen molar-refractivity contribution in [2.24, 2.45) is 0 Å². The van der Waals surface area contributed by atoms with Crippen LogP contribution < -0.4 is 26.0 Å². The van der Waals surface area contributed by atoms with Crippen molar-refractivity contribution in [3.05, 3.63) is 96.6 Å². The van der Waals surface area contributed by atoms with Crippen molar-refractivity contribution in [3.8, 4) is 11.5 Å². The summed E-state index contributed by atoms with van der Waals surface area (Å²) < 4.78 is 6.05. The monoisotopic (exact) mass is 548 g/mol. The first-order chi connectivity index (χ1) is 20.1. The number of nitrogens with one attached hydrogen (secondary N) is 6. The Balaban J connectivity index is 1.06. The number of rotatable bonds is 8. The molecule has 0 spiro atoms. The summed E-state index contributed by atoms with van der Waals surface area (Å²) >= 11 is 0. The van der Waals surface area contributed by atoms with Crippen molar-refractivity contribution >= 4 is 46.0 Å². The van der Waals surface area contributed by atoms with Crippen LogP contribution in [0.15, 0.2) is 85.5 Å². The molecule has 13 nitrogen and oxygen atoms in total. The Morgan fingerprint density at radius 1 is 0.634 bits per heavy atom. The number of aromatic nitrogens is 6. The second kappa shape index (κ2) is 11.4. The highest BCUT2D eigenvalue weighted by Crippen LogP contribution is 2.28. The molecular weight excluding hydrogens is 524 g/mol. The average molecular weight is 549 g/mol. The number of hydrogen-bond acceptors (Lipinski definition) is 7. The summed E-state index contributed by atoms with van der Waals surface area (Å²) in [6.07, 6.45) is 6.68. The normalized spacial score (nSPS) is 10.8. The first kappa shape index (κ1) is 25.3. The molecule has 6 aromatic rings. The van der Waals surface area contributed by atoms with Gasteiger partial charge in [0.2, 0.25) is 11.9 Å². The molecule has 2 aromatic carbocycles. The standard InChI is InChI=1S/C28H24N10O3/c39-27(31-15-17-5-9-29-10-6-17)37-25-33-21-3-1-19(13-23(21)35-25)41-20-2-4-22-24(14-20)36-26(34-22)38-28(40)32-16-18-7-11-30-12-8-18/h1-14H,15-16H2,(H3,31,33,35,37,39)(H3,32,34,36,38,40). The number of urea groups is 2. The van der Waals surface area contributed by atoms with Crippen molar-refractivity contribution < 1.29 is 14.3 Å². The number of hydrogen-bond donors (Lipinski definition) is 6. The number of nitrogens with zero attached hydrogens (tertiary/aromatic N) is 4. The zero-order valence-corrected chi connectivity index (χ0v) is 21.5. The molecule has 0 saturated heterocycles. The highest BCUT2D eigenvalue weighted by Gasteiger charge is 2.11. The van der Waals surface area contributed by atoms with E-state index < -0.39 is 0 Å². The number of fused-ring (bicyclic) bond motifs is 2. The Morgan fingerprint density at radius 2 is 1.07 bits per heavy atom. The summed E-state index contributed by atoms with van der Waals surface area (Å²) in [4.78, 5) is 47.4. The SMILES string of the molecule is O=C(NCc1ccncc1)Nc1nc2ccc(Oc3ccc4nc(NC(=O)NCc5ccncc5)[nH]c4c3)cc2[nH]1. The van der Waals surface area contributed by atoms with Gasteiger partial charge in [-0.2, -0.15) is 0 Å². The fourth-order valence-corrected chi connectivity index (χ4v) is 4.03. The van der Waals surface area contributed by atoms with Gasteiger partial charge in [-0.25, -0.2) is 19.6 Å². The minimum atomic E-state index is -0.384. The smallest absolute Gasteiger partial charge is 0.321 e. The van der Waals surface area contributed by atoms with Crippen LogP contribution in [0.5, 0.6) is 11.5 Å². The first-order valence-corrected chi connectivity index (χ1v) is 12.6. The number of amides is 4. The maximum atomic E-state index is 12.3. The van der Waals surface area contributed by atoms with Crippen LogP contribution in [0.2, 0.25) is 0 Å². The van der Waals surface area contributed by atoms with Crippen LogP contribution in [-0.2, 0) is 13.1 Å².